The molecule has 1 aliphatic heterocycles. The quantitative estimate of drug-likeness (QED) is 0.295. The van der Waals surface area contributed by atoms with Gasteiger partial charge in [0.25, 0.3) is 5.56 Å². The Balaban J connectivity index is 1.48. The highest BCUT2D eigenvalue weighted by molar-refractivity contribution is 6.06. The molecule has 8 heteroatoms. The van der Waals surface area contributed by atoms with E-state index >= 15 is 0 Å². The van der Waals surface area contributed by atoms with Gasteiger partial charge < -0.3 is 14.8 Å². The summed E-state index contributed by atoms with van der Waals surface area (Å²) in [7, 11) is 0. The number of carbonyl (C=O) groups excluding carboxylic acids is 1. The number of benzene rings is 2. The van der Waals surface area contributed by atoms with Crippen molar-refractivity contribution >= 4 is 34.3 Å². The van der Waals surface area contributed by atoms with E-state index in [-0.39, 0.29) is 11.5 Å². The van der Waals surface area contributed by atoms with Crippen LogP contribution in [0.25, 0.3) is 28.0 Å². The molecule has 0 saturated heterocycles. The van der Waals surface area contributed by atoms with Crippen LogP contribution in [0.4, 0.5) is 5.69 Å². The fraction of sp³-hybridized carbons (Fsp3) is 0.303. The fourth-order valence-electron chi connectivity index (χ4n) is 5.23. The lowest BCUT2D eigenvalue weighted by atomic mass is 9.99. The molecule has 41 heavy (non-hydrogen) atoms. The van der Waals surface area contributed by atoms with Crippen molar-refractivity contribution in [2.45, 2.75) is 46.6 Å². The van der Waals surface area contributed by atoms with Crippen molar-refractivity contribution in [3.8, 4) is 11.1 Å². The number of hydrogen-bond acceptors (Lipinski definition) is 6. The Morgan fingerprint density at radius 2 is 1.78 bits per heavy atom. The highest BCUT2D eigenvalue weighted by Crippen LogP contribution is 2.33. The molecule has 0 fully saturated rings. The zero-order chi connectivity index (χ0) is 28.8. The van der Waals surface area contributed by atoms with Gasteiger partial charge in [-0.3, -0.25) is 19.6 Å². The minimum atomic E-state index is -0.0657. The maximum atomic E-state index is 13.5. The molecule has 1 N–H and O–H groups in total. The van der Waals surface area contributed by atoms with E-state index in [0.29, 0.717) is 18.4 Å². The summed E-state index contributed by atoms with van der Waals surface area (Å²) in [5.74, 6) is 0.869. The zero-order valence-electron chi connectivity index (χ0n) is 23.9. The van der Waals surface area contributed by atoms with Crippen LogP contribution in [0.3, 0.4) is 0 Å². The fourth-order valence-corrected chi connectivity index (χ4v) is 5.23. The van der Waals surface area contributed by atoms with Gasteiger partial charge in [-0.1, -0.05) is 32.0 Å². The molecule has 8 nitrogen and oxygen atoms in total. The van der Waals surface area contributed by atoms with E-state index in [1.165, 1.54) is 0 Å². The number of nitrogens with zero attached hydrogens (tertiary/aromatic N) is 5. The van der Waals surface area contributed by atoms with Crippen LogP contribution in [0.5, 0.6) is 0 Å². The second kappa shape index (κ2) is 12.7. The summed E-state index contributed by atoms with van der Waals surface area (Å²) in [6, 6.07) is 14.0. The van der Waals surface area contributed by atoms with E-state index in [2.05, 4.69) is 41.3 Å². The molecule has 4 aromatic rings. The van der Waals surface area contributed by atoms with Crippen LogP contribution >= 0.6 is 0 Å². The van der Waals surface area contributed by atoms with E-state index in [0.717, 1.165) is 77.3 Å². The molecule has 0 unspecified atom stereocenters. The third-order valence-electron chi connectivity index (χ3n) is 7.16. The number of carbonyl (C=O) groups is 1. The summed E-state index contributed by atoms with van der Waals surface area (Å²) < 4.78 is 1.65. The molecule has 2 aromatic heterocycles. The normalized spacial score (nSPS) is 12.8. The van der Waals surface area contributed by atoms with Crippen LogP contribution in [-0.2, 0) is 11.3 Å². The molecule has 1 aliphatic rings. The Morgan fingerprint density at radius 1 is 1.00 bits per heavy atom. The van der Waals surface area contributed by atoms with Crippen molar-refractivity contribution in [1.82, 2.24) is 24.8 Å². The van der Waals surface area contributed by atoms with E-state index in [1.807, 2.05) is 48.2 Å². The van der Waals surface area contributed by atoms with Gasteiger partial charge in [-0.25, -0.2) is 4.99 Å². The second-order valence-corrected chi connectivity index (χ2v) is 10.2. The van der Waals surface area contributed by atoms with E-state index in [1.54, 1.807) is 29.4 Å². The average Bonchev–Trinajstić information content (AvgIpc) is 3.17. The number of aliphatic imine (C=N–C) groups is 1. The minimum Gasteiger partial charge on any atom is -0.374 e. The number of pyridine rings is 1. The largest absolute Gasteiger partial charge is 0.374 e. The molecule has 0 atom stereocenters. The summed E-state index contributed by atoms with van der Waals surface area (Å²) in [6.45, 7) is 8.82. The molecule has 5 rings (SSSR count). The van der Waals surface area contributed by atoms with Gasteiger partial charge in [0.2, 0.25) is 5.91 Å². The smallest absolute Gasteiger partial charge is 0.258 e. The van der Waals surface area contributed by atoms with E-state index < -0.39 is 0 Å². The lowest BCUT2D eigenvalue weighted by Gasteiger charge is -2.23. The van der Waals surface area contributed by atoms with Gasteiger partial charge in [-0.15, -0.1) is 0 Å². The standard InChI is InChI=1S/C33H36N6O2/c1-4-14-38(15-5-2)32(40)27-18-26-8-7-24(19-30(26)37-31(20-27)35-6-3)23-9-10-29-25(17-23)11-16-39(33(29)41)22-28-21-34-12-13-36-28/h7-13,16-19,21H,4-6,14-15,20,22H2,1-3H3,(H,35,37). The van der Waals surface area contributed by atoms with E-state index in [4.69, 9.17) is 4.99 Å². The zero-order valence-corrected chi connectivity index (χ0v) is 23.9. The van der Waals surface area contributed by atoms with Gasteiger partial charge in [-0.05, 0) is 66.6 Å². The van der Waals surface area contributed by atoms with Gasteiger partial charge in [0.05, 0.1) is 24.1 Å². The summed E-state index contributed by atoms with van der Waals surface area (Å²) in [4.78, 5) is 41.9. The van der Waals surface area contributed by atoms with Gasteiger partial charge >= 0.3 is 0 Å². The minimum absolute atomic E-state index is 0.0657. The molecule has 0 bridgehead atoms. The van der Waals surface area contributed by atoms with Crippen LogP contribution in [0, 0.1) is 0 Å². The number of rotatable bonds is 9. The molecule has 0 aliphatic carbocycles. The van der Waals surface area contributed by atoms with Gasteiger partial charge in [-0.2, -0.15) is 0 Å². The molecule has 210 valence electrons. The first-order valence-corrected chi connectivity index (χ1v) is 14.3. The highest BCUT2D eigenvalue weighted by Gasteiger charge is 2.22. The monoisotopic (exact) mass is 548 g/mol. The Bertz CT molecular complexity index is 1670. The molecular formula is C33H36N6O2. The lowest BCUT2D eigenvalue weighted by molar-refractivity contribution is -0.127. The Kier molecular flexibility index (Phi) is 8.67. The third-order valence-corrected chi connectivity index (χ3v) is 7.16. The topological polar surface area (TPSA) is 92.5 Å². The number of aromatic nitrogens is 3. The molecule has 0 radical (unpaired) electrons. The average molecular weight is 549 g/mol. The molecule has 2 aromatic carbocycles. The maximum Gasteiger partial charge on any atom is 0.258 e. The summed E-state index contributed by atoms with van der Waals surface area (Å²) in [5.41, 5.74) is 5.15. The van der Waals surface area contributed by atoms with Crippen molar-refractivity contribution in [1.29, 1.82) is 0 Å². The Hall–Kier alpha value is -4.59. The van der Waals surface area contributed by atoms with Crippen LogP contribution in [0.1, 0.15) is 51.3 Å². The number of nitrogens with one attached hydrogen (secondary N) is 1. The van der Waals surface area contributed by atoms with Gasteiger partial charge in [0.15, 0.2) is 0 Å². The van der Waals surface area contributed by atoms with Crippen molar-refractivity contribution in [2.24, 2.45) is 4.99 Å². The van der Waals surface area contributed by atoms with Gasteiger partial charge in [0.1, 0.15) is 5.84 Å². The van der Waals surface area contributed by atoms with Crippen molar-refractivity contribution < 1.29 is 4.79 Å². The van der Waals surface area contributed by atoms with Crippen molar-refractivity contribution in [2.75, 3.05) is 19.6 Å². The highest BCUT2D eigenvalue weighted by atomic mass is 16.2. The number of amides is 1. The van der Waals surface area contributed by atoms with Crippen LogP contribution in [-0.4, -0.2) is 50.8 Å². The van der Waals surface area contributed by atoms with Crippen molar-refractivity contribution in [3.05, 3.63) is 94.4 Å². The van der Waals surface area contributed by atoms with E-state index in [9.17, 15) is 9.59 Å². The Labute approximate surface area is 240 Å². The van der Waals surface area contributed by atoms with Crippen molar-refractivity contribution in [3.63, 3.8) is 0 Å². The SMILES string of the molecule is CCCN(CCC)C(=O)C1=Cc2ccc(-c3ccc4c(=O)n(Cc5cnccn5)ccc4c3)cc2N=C(NCC)C1. The molecule has 0 saturated carbocycles. The lowest BCUT2D eigenvalue weighted by Crippen LogP contribution is -2.35. The molecule has 1 amide bonds. The predicted molar refractivity (Wildman–Crippen MR) is 165 cm³/mol. The number of hydrogen-bond donors (Lipinski definition) is 1. The second-order valence-electron chi connectivity index (χ2n) is 10.2. The summed E-state index contributed by atoms with van der Waals surface area (Å²) in [5, 5.41) is 4.88. The van der Waals surface area contributed by atoms with Crippen LogP contribution in [0.15, 0.2) is 82.6 Å². The third kappa shape index (κ3) is 6.27. The molecule has 3 heterocycles. The van der Waals surface area contributed by atoms with Crippen LogP contribution < -0.4 is 10.9 Å². The first-order valence-electron chi connectivity index (χ1n) is 14.3. The maximum absolute atomic E-state index is 13.5. The van der Waals surface area contributed by atoms with Gasteiger partial charge in [0, 0.05) is 61.2 Å². The summed E-state index contributed by atoms with van der Waals surface area (Å²) >= 11 is 0. The first-order chi connectivity index (χ1) is 20.0. The van der Waals surface area contributed by atoms with Crippen LogP contribution in [0.2, 0.25) is 0 Å². The summed E-state index contributed by atoms with van der Waals surface area (Å²) in [6.07, 6.45) is 11.0. The first kappa shape index (κ1) is 28.0. The Morgan fingerprint density at radius 3 is 2.51 bits per heavy atom. The number of fused-ring (bicyclic) bond motifs is 2. The molecule has 0 spiro atoms. The predicted octanol–water partition coefficient (Wildman–Crippen LogP) is 5.58. The molecular weight excluding hydrogens is 512 g/mol. The number of amidine groups is 1.